The highest BCUT2D eigenvalue weighted by molar-refractivity contribution is 9.10. The number of aromatic nitrogens is 1. The smallest absolute Gasteiger partial charge is 0.167 e. The minimum absolute atomic E-state index is 0.270. The fourth-order valence-electron chi connectivity index (χ4n) is 3.88. The molecule has 0 bridgehead atoms. The number of rotatable bonds is 8. The third-order valence-corrected chi connectivity index (χ3v) is 7.64. The Morgan fingerprint density at radius 2 is 1.75 bits per heavy atom. The number of fused-ring (bicyclic) bond motifs is 1. The average molecular weight is 563 g/mol. The maximum Gasteiger partial charge on any atom is 0.167 e. The molecule has 0 atom stereocenters. The van der Waals surface area contributed by atoms with E-state index < -0.39 is 0 Å². The number of methoxy groups -OCH3 is 1. The monoisotopic (exact) mass is 562 g/mol. The van der Waals surface area contributed by atoms with Crippen molar-refractivity contribution in [2.75, 3.05) is 12.4 Å². The van der Waals surface area contributed by atoms with Gasteiger partial charge in [0.15, 0.2) is 11.5 Å². The van der Waals surface area contributed by atoms with Crippen molar-refractivity contribution in [3.63, 3.8) is 0 Å². The molecule has 5 aromatic rings. The third-order valence-electron chi connectivity index (χ3n) is 5.83. The lowest BCUT2D eigenvalue weighted by Crippen LogP contribution is -2.06. The molecule has 36 heavy (non-hydrogen) atoms. The van der Waals surface area contributed by atoms with Crippen LogP contribution in [0.3, 0.4) is 0 Å². The Balaban J connectivity index is 1.32. The molecule has 1 N–H and O–H groups in total. The Labute approximate surface area is 221 Å². The molecule has 182 valence electrons. The van der Waals surface area contributed by atoms with Gasteiger partial charge in [-0.25, -0.2) is 9.37 Å². The van der Waals surface area contributed by atoms with Crippen LogP contribution in [0.4, 0.5) is 10.1 Å². The van der Waals surface area contributed by atoms with E-state index in [1.165, 1.54) is 22.4 Å². The normalized spacial score (nSPS) is 11.0. The number of aryl methyl sites for hydroxylation is 1. The molecule has 4 aromatic carbocycles. The summed E-state index contributed by atoms with van der Waals surface area (Å²) in [5, 5.41) is 4.49. The second kappa shape index (κ2) is 10.7. The third kappa shape index (κ3) is 5.37. The predicted molar refractivity (Wildman–Crippen MR) is 149 cm³/mol. The van der Waals surface area contributed by atoms with Gasteiger partial charge in [-0.15, -0.1) is 11.3 Å². The van der Waals surface area contributed by atoms with Crippen LogP contribution in [0.2, 0.25) is 0 Å². The quantitative estimate of drug-likeness (QED) is 0.206. The number of anilines is 1. The number of benzene rings is 4. The van der Waals surface area contributed by atoms with E-state index in [9.17, 15) is 4.39 Å². The Morgan fingerprint density at radius 3 is 2.50 bits per heavy atom. The van der Waals surface area contributed by atoms with Gasteiger partial charge in [0.25, 0.3) is 0 Å². The van der Waals surface area contributed by atoms with Crippen LogP contribution in [-0.4, -0.2) is 12.1 Å². The highest BCUT2D eigenvalue weighted by atomic mass is 79.9. The zero-order valence-electron chi connectivity index (χ0n) is 19.8. The van der Waals surface area contributed by atoms with Crippen molar-refractivity contribution in [2.45, 2.75) is 20.1 Å². The second-order valence-corrected chi connectivity index (χ2v) is 10.3. The van der Waals surface area contributed by atoms with Gasteiger partial charge in [-0.05, 0) is 78.7 Å². The number of halogens is 2. The molecule has 0 saturated heterocycles. The number of hydrogen-bond donors (Lipinski definition) is 1. The highest BCUT2D eigenvalue weighted by Gasteiger charge is 2.15. The largest absolute Gasteiger partial charge is 0.493 e. The lowest BCUT2D eigenvalue weighted by atomic mass is 10.1. The van der Waals surface area contributed by atoms with Crippen molar-refractivity contribution in [1.29, 1.82) is 0 Å². The minimum Gasteiger partial charge on any atom is -0.493 e. The summed E-state index contributed by atoms with van der Waals surface area (Å²) in [6.45, 7) is 2.92. The molecular formula is C29H24BrFN2O2S. The molecule has 1 heterocycles. The lowest BCUT2D eigenvalue weighted by Gasteiger charge is -2.18. The molecule has 0 amide bonds. The van der Waals surface area contributed by atoms with Crippen LogP contribution in [0.25, 0.3) is 20.8 Å². The molecule has 5 rings (SSSR count). The Bertz CT molecular complexity index is 1500. The van der Waals surface area contributed by atoms with Crippen LogP contribution in [0.1, 0.15) is 16.7 Å². The number of hydrogen-bond acceptors (Lipinski definition) is 5. The van der Waals surface area contributed by atoms with E-state index in [1.807, 2.05) is 12.1 Å². The summed E-state index contributed by atoms with van der Waals surface area (Å²) in [6.07, 6.45) is 0. The van der Waals surface area contributed by atoms with Crippen molar-refractivity contribution < 1.29 is 13.9 Å². The van der Waals surface area contributed by atoms with Crippen LogP contribution in [0.5, 0.6) is 11.5 Å². The summed E-state index contributed by atoms with van der Waals surface area (Å²) >= 11 is 5.36. The second-order valence-electron chi connectivity index (χ2n) is 8.39. The molecule has 0 aliphatic carbocycles. The molecule has 0 fully saturated rings. The number of thiazole rings is 1. The number of nitrogens with zero attached hydrogens (tertiary/aromatic N) is 1. The van der Waals surface area contributed by atoms with Gasteiger partial charge >= 0.3 is 0 Å². The summed E-state index contributed by atoms with van der Waals surface area (Å²) in [4.78, 5) is 4.78. The first kappa shape index (κ1) is 24.3. The molecule has 0 aliphatic heterocycles. The number of nitrogens with one attached hydrogen (secondary N) is 1. The van der Waals surface area contributed by atoms with Crippen molar-refractivity contribution >= 4 is 43.2 Å². The van der Waals surface area contributed by atoms with Gasteiger partial charge in [0, 0.05) is 27.8 Å². The van der Waals surface area contributed by atoms with Gasteiger partial charge in [0.1, 0.15) is 17.4 Å². The summed E-state index contributed by atoms with van der Waals surface area (Å²) < 4.78 is 27.1. The first-order valence-corrected chi connectivity index (χ1v) is 13.1. The predicted octanol–water partition coefficient (Wildman–Crippen LogP) is 8.37. The molecule has 0 saturated carbocycles. The topological polar surface area (TPSA) is 43.4 Å². The van der Waals surface area contributed by atoms with E-state index >= 15 is 0 Å². The molecule has 0 unspecified atom stereocenters. The van der Waals surface area contributed by atoms with E-state index in [-0.39, 0.29) is 5.82 Å². The number of ether oxygens (including phenoxy) is 2. The van der Waals surface area contributed by atoms with E-state index in [0.29, 0.717) is 24.7 Å². The standard InChI is InChI=1S/C29H24BrFN2O2S/c1-18-3-13-25-27(15-18)36-29(33-25)20-6-10-22(11-7-20)32-16-23-24(30)12-14-26(34-2)28(23)35-17-19-4-8-21(31)9-5-19/h3-15,32H,16-17H2,1-2H3. The van der Waals surface area contributed by atoms with E-state index in [1.54, 1.807) is 30.6 Å². The Morgan fingerprint density at radius 1 is 0.972 bits per heavy atom. The fourth-order valence-corrected chi connectivity index (χ4v) is 5.40. The van der Waals surface area contributed by atoms with E-state index in [2.05, 4.69) is 70.6 Å². The van der Waals surface area contributed by atoms with Gasteiger partial charge in [-0.3, -0.25) is 0 Å². The molecule has 0 spiro atoms. The first-order valence-electron chi connectivity index (χ1n) is 11.4. The maximum absolute atomic E-state index is 13.3. The Hall–Kier alpha value is -3.42. The fraction of sp³-hybridized carbons (Fsp3) is 0.138. The van der Waals surface area contributed by atoms with Crippen LogP contribution in [0.15, 0.2) is 83.3 Å². The van der Waals surface area contributed by atoms with Crippen molar-refractivity contribution in [2.24, 2.45) is 0 Å². The zero-order valence-corrected chi connectivity index (χ0v) is 22.3. The maximum atomic E-state index is 13.3. The van der Waals surface area contributed by atoms with Crippen LogP contribution >= 0.6 is 27.3 Å². The highest BCUT2D eigenvalue weighted by Crippen LogP contribution is 2.37. The van der Waals surface area contributed by atoms with Gasteiger partial charge < -0.3 is 14.8 Å². The van der Waals surface area contributed by atoms with E-state index in [4.69, 9.17) is 14.5 Å². The average Bonchev–Trinajstić information content (AvgIpc) is 3.31. The SMILES string of the molecule is COc1ccc(Br)c(CNc2ccc(-c3nc4ccc(C)cc4s3)cc2)c1OCc1ccc(F)cc1. The summed E-state index contributed by atoms with van der Waals surface area (Å²) in [6, 6.07) is 24.7. The molecular weight excluding hydrogens is 539 g/mol. The summed E-state index contributed by atoms with van der Waals surface area (Å²) in [5.74, 6) is 1.01. The van der Waals surface area contributed by atoms with Crippen LogP contribution in [-0.2, 0) is 13.2 Å². The summed E-state index contributed by atoms with van der Waals surface area (Å²) in [5.41, 5.74) is 6.14. The molecule has 0 aliphatic rings. The zero-order chi connectivity index (χ0) is 25.1. The van der Waals surface area contributed by atoms with E-state index in [0.717, 1.165) is 37.4 Å². The van der Waals surface area contributed by atoms with Gasteiger partial charge in [0.05, 0.1) is 17.3 Å². The molecule has 7 heteroatoms. The minimum atomic E-state index is -0.270. The van der Waals surface area contributed by atoms with Crippen LogP contribution < -0.4 is 14.8 Å². The van der Waals surface area contributed by atoms with Gasteiger partial charge in [-0.1, -0.05) is 34.1 Å². The summed E-state index contributed by atoms with van der Waals surface area (Å²) in [7, 11) is 1.62. The van der Waals surface area contributed by atoms with Crippen molar-refractivity contribution in [3.05, 3.63) is 106 Å². The molecule has 1 aromatic heterocycles. The van der Waals surface area contributed by atoms with Gasteiger partial charge in [0.2, 0.25) is 0 Å². The molecule has 0 radical (unpaired) electrons. The van der Waals surface area contributed by atoms with Crippen molar-refractivity contribution in [3.8, 4) is 22.1 Å². The first-order chi connectivity index (χ1) is 17.5. The Kier molecular flexibility index (Phi) is 7.20. The van der Waals surface area contributed by atoms with Gasteiger partial charge in [-0.2, -0.15) is 0 Å². The lowest BCUT2D eigenvalue weighted by molar-refractivity contribution is 0.281. The van der Waals surface area contributed by atoms with Crippen molar-refractivity contribution in [1.82, 2.24) is 4.98 Å². The van der Waals surface area contributed by atoms with Crippen LogP contribution in [0, 0.1) is 12.7 Å². The molecule has 4 nitrogen and oxygen atoms in total.